The van der Waals surface area contributed by atoms with Gasteiger partial charge in [-0.25, -0.2) is 4.98 Å². The Morgan fingerprint density at radius 1 is 1.58 bits per heavy atom. The van der Waals surface area contributed by atoms with Crippen LogP contribution in [0.2, 0.25) is 0 Å². The molecule has 2 rings (SSSR count). The van der Waals surface area contributed by atoms with Crippen LogP contribution in [0.15, 0.2) is 18.3 Å². The van der Waals surface area contributed by atoms with Crippen LogP contribution < -0.4 is 5.73 Å². The lowest BCUT2D eigenvalue weighted by molar-refractivity contribution is 0.0488. The summed E-state index contributed by atoms with van der Waals surface area (Å²) in [6, 6.07) is 5.50. The molecule has 1 aliphatic heterocycles. The van der Waals surface area contributed by atoms with E-state index in [0.29, 0.717) is 17.8 Å². The van der Waals surface area contributed by atoms with E-state index in [1.54, 1.807) is 12.1 Å². The summed E-state index contributed by atoms with van der Waals surface area (Å²) >= 11 is 0. The summed E-state index contributed by atoms with van der Waals surface area (Å²) in [5, 5.41) is 8.74. The molecular weight excluding hydrogens is 240 g/mol. The number of carbonyl (C=O) groups excluding carboxylic acids is 1. The van der Waals surface area contributed by atoms with E-state index in [0.717, 1.165) is 19.3 Å². The molecule has 5 heteroatoms. The maximum absolute atomic E-state index is 12.5. The first kappa shape index (κ1) is 13.5. The van der Waals surface area contributed by atoms with Crippen LogP contribution in [0.5, 0.6) is 0 Å². The van der Waals surface area contributed by atoms with E-state index >= 15 is 0 Å². The third-order valence-electron chi connectivity index (χ3n) is 3.65. The molecule has 100 valence electrons. The second-order valence-corrected chi connectivity index (χ2v) is 4.93. The molecule has 0 aromatic carbocycles. The van der Waals surface area contributed by atoms with Gasteiger partial charge in [0.15, 0.2) is 0 Å². The standard InChI is InChI=1S/C14H18N4O/c1-10-3-2-4-12(8-16)18(10)14(19)13-6-5-11(7-15)9-17-13/h5-6,9-10,12H,2-4,8,16H2,1H3. The molecule has 1 amide bonds. The van der Waals surface area contributed by atoms with Crippen molar-refractivity contribution in [3.05, 3.63) is 29.6 Å². The van der Waals surface area contributed by atoms with Gasteiger partial charge in [0.25, 0.3) is 5.91 Å². The molecule has 19 heavy (non-hydrogen) atoms. The van der Waals surface area contributed by atoms with Crippen molar-refractivity contribution >= 4 is 5.91 Å². The van der Waals surface area contributed by atoms with Crippen LogP contribution in [-0.4, -0.2) is 34.4 Å². The smallest absolute Gasteiger partial charge is 0.272 e. The van der Waals surface area contributed by atoms with Crippen molar-refractivity contribution in [1.82, 2.24) is 9.88 Å². The molecule has 1 saturated heterocycles. The lowest BCUT2D eigenvalue weighted by Crippen LogP contribution is -2.52. The Morgan fingerprint density at radius 2 is 2.37 bits per heavy atom. The zero-order chi connectivity index (χ0) is 13.8. The van der Waals surface area contributed by atoms with E-state index in [9.17, 15) is 4.79 Å². The Hall–Kier alpha value is -1.93. The molecule has 0 spiro atoms. The predicted octanol–water partition coefficient (Wildman–Crippen LogP) is 1.30. The number of carbonyl (C=O) groups is 1. The van der Waals surface area contributed by atoms with E-state index in [-0.39, 0.29) is 18.0 Å². The molecule has 5 nitrogen and oxygen atoms in total. The zero-order valence-corrected chi connectivity index (χ0v) is 11.0. The van der Waals surface area contributed by atoms with Gasteiger partial charge in [-0.3, -0.25) is 4.79 Å². The molecule has 2 heterocycles. The summed E-state index contributed by atoms with van der Waals surface area (Å²) in [7, 11) is 0. The Bertz CT molecular complexity index is 491. The molecule has 1 aliphatic rings. The minimum Gasteiger partial charge on any atom is -0.330 e. The Labute approximate surface area is 113 Å². The zero-order valence-electron chi connectivity index (χ0n) is 11.0. The van der Waals surface area contributed by atoms with Gasteiger partial charge in [-0.15, -0.1) is 0 Å². The van der Waals surface area contributed by atoms with Gasteiger partial charge < -0.3 is 10.6 Å². The minimum absolute atomic E-state index is 0.0906. The van der Waals surface area contributed by atoms with E-state index in [2.05, 4.69) is 4.98 Å². The van der Waals surface area contributed by atoms with Gasteiger partial charge in [-0.2, -0.15) is 5.26 Å². The van der Waals surface area contributed by atoms with Crippen LogP contribution in [0, 0.1) is 11.3 Å². The first-order valence-corrected chi connectivity index (χ1v) is 6.56. The van der Waals surface area contributed by atoms with Crippen molar-refractivity contribution in [3.63, 3.8) is 0 Å². The van der Waals surface area contributed by atoms with Crippen molar-refractivity contribution in [1.29, 1.82) is 5.26 Å². The van der Waals surface area contributed by atoms with Crippen molar-refractivity contribution in [3.8, 4) is 6.07 Å². The van der Waals surface area contributed by atoms with Crippen molar-refractivity contribution < 1.29 is 4.79 Å². The summed E-state index contributed by atoms with van der Waals surface area (Å²) in [5.41, 5.74) is 6.60. The summed E-state index contributed by atoms with van der Waals surface area (Å²) in [4.78, 5) is 18.4. The number of pyridine rings is 1. The maximum atomic E-state index is 12.5. The molecule has 1 aromatic heterocycles. The van der Waals surface area contributed by atoms with Crippen molar-refractivity contribution in [2.75, 3.05) is 6.54 Å². The number of nitriles is 1. The number of rotatable bonds is 2. The Morgan fingerprint density at radius 3 is 2.95 bits per heavy atom. The first-order chi connectivity index (χ1) is 9.17. The average molecular weight is 258 g/mol. The number of aromatic nitrogens is 1. The van der Waals surface area contributed by atoms with E-state index < -0.39 is 0 Å². The van der Waals surface area contributed by atoms with Gasteiger partial charge in [0, 0.05) is 24.8 Å². The van der Waals surface area contributed by atoms with E-state index in [4.69, 9.17) is 11.0 Å². The predicted molar refractivity (Wildman–Crippen MR) is 71.3 cm³/mol. The number of nitrogens with zero attached hydrogens (tertiary/aromatic N) is 3. The summed E-state index contributed by atoms with van der Waals surface area (Å²) < 4.78 is 0. The number of nitrogens with two attached hydrogens (primary N) is 1. The van der Waals surface area contributed by atoms with Gasteiger partial charge in [0.1, 0.15) is 11.8 Å². The molecule has 2 atom stereocenters. The quantitative estimate of drug-likeness (QED) is 0.866. The highest BCUT2D eigenvalue weighted by Gasteiger charge is 2.31. The van der Waals surface area contributed by atoms with Crippen LogP contribution in [0.3, 0.4) is 0 Å². The molecule has 2 N–H and O–H groups in total. The lowest BCUT2D eigenvalue weighted by Gasteiger charge is -2.40. The fourth-order valence-corrected chi connectivity index (χ4v) is 2.60. The highest BCUT2D eigenvalue weighted by Crippen LogP contribution is 2.23. The van der Waals surface area contributed by atoms with Gasteiger partial charge in [-0.1, -0.05) is 0 Å². The maximum Gasteiger partial charge on any atom is 0.272 e. The molecule has 1 aromatic rings. The number of hydrogen-bond acceptors (Lipinski definition) is 4. The molecule has 0 bridgehead atoms. The normalized spacial score (nSPS) is 22.9. The van der Waals surface area contributed by atoms with Crippen LogP contribution in [0.25, 0.3) is 0 Å². The molecule has 0 saturated carbocycles. The SMILES string of the molecule is CC1CCCC(CN)N1C(=O)c1ccc(C#N)cn1. The van der Waals surface area contributed by atoms with Crippen molar-refractivity contribution in [2.24, 2.45) is 5.73 Å². The second kappa shape index (κ2) is 5.81. The third kappa shape index (κ3) is 2.74. The monoisotopic (exact) mass is 258 g/mol. The van der Waals surface area contributed by atoms with Crippen LogP contribution in [0.1, 0.15) is 42.2 Å². The van der Waals surface area contributed by atoms with Gasteiger partial charge in [0.05, 0.1) is 5.56 Å². The highest BCUT2D eigenvalue weighted by atomic mass is 16.2. The van der Waals surface area contributed by atoms with Gasteiger partial charge >= 0.3 is 0 Å². The van der Waals surface area contributed by atoms with Gasteiger partial charge in [-0.05, 0) is 38.3 Å². The molecule has 2 unspecified atom stereocenters. The number of hydrogen-bond donors (Lipinski definition) is 1. The summed E-state index contributed by atoms with van der Waals surface area (Å²) in [5.74, 6) is -0.0906. The highest BCUT2D eigenvalue weighted by molar-refractivity contribution is 5.92. The molecule has 1 fully saturated rings. The minimum atomic E-state index is -0.0906. The fourth-order valence-electron chi connectivity index (χ4n) is 2.60. The fraction of sp³-hybridized carbons (Fsp3) is 0.500. The molecular formula is C14H18N4O. The van der Waals surface area contributed by atoms with Crippen LogP contribution in [0.4, 0.5) is 0 Å². The van der Waals surface area contributed by atoms with E-state index in [1.807, 2.05) is 17.9 Å². The lowest BCUT2D eigenvalue weighted by atomic mass is 9.96. The first-order valence-electron chi connectivity index (χ1n) is 6.56. The van der Waals surface area contributed by atoms with Crippen LogP contribution >= 0.6 is 0 Å². The Kier molecular flexibility index (Phi) is 4.13. The number of piperidine rings is 1. The van der Waals surface area contributed by atoms with Crippen molar-refractivity contribution in [2.45, 2.75) is 38.3 Å². The largest absolute Gasteiger partial charge is 0.330 e. The van der Waals surface area contributed by atoms with Crippen LogP contribution in [-0.2, 0) is 0 Å². The third-order valence-corrected chi connectivity index (χ3v) is 3.65. The number of likely N-dealkylation sites (tertiary alicyclic amines) is 1. The summed E-state index contributed by atoms with van der Waals surface area (Å²) in [6.45, 7) is 2.52. The summed E-state index contributed by atoms with van der Waals surface area (Å²) in [6.07, 6.45) is 4.48. The topological polar surface area (TPSA) is 83.0 Å². The number of amides is 1. The van der Waals surface area contributed by atoms with E-state index in [1.165, 1.54) is 6.20 Å². The average Bonchev–Trinajstić information content (AvgIpc) is 2.46. The molecule has 0 aliphatic carbocycles. The molecule has 0 radical (unpaired) electrons. The Balaban J connectivity index is 2.23. The van der Waals surface area contributed by atoms with Gasteiger partial charge in [0.2, 0.25) is 0 Å². The second-order valence-electron chi connectivity index (χ2n) is 4.93.